The fraction of sp³-hybridized carbons (Fsp3) is 0.381. The van der Waals surface area contributed by atoms with E-state index in [2.05, 4.69) is 15.3 Å². The zero-order valence-corrected chi connectivity index (χ0v) is 17.2. The van der Waals surface area contributed by atoms with Crippen LogP contribution in [0.1, 0.15) is 31.2 Å². The van der Waals surface area contributed by atoms with Gasteiger partial charge in [0.1, 0.15) is 6.10 Å². The van der Waals surface area contributed by atoms with Crippen LogP contribution in [0.5, 0.6) is 17.5 Å². The molecule has 3 rings (SSSR count). The van der Waals surface area contributed by atoms with E-state index in [-0.39, 0.29) is 18.1 Å². The Morgan fingerprint density at radius 3 is 2.45 bits per heavy atom. The van der Waals surface area contributed by atoms with Crippen molar-refractivity contribution < 1.29 is 19.0 Å². The minimum Gasteiger partial charge on any atom is -0.493 e. The average Bonchev–Trinajstić information content (AvgIpc) is 2.75. The number of rotatable bonds is 7. The van der Waals surface area contributed by atoms with Gasteiger partial charge in [-0.15, -0.1) is 0 Å². The summed E-state index contributed by atoms with van der Waals surface area (Å²) in [5.74, 6) is 1.15. The van der Waals surface area contributed by atoms with Crippen LogP contribution in [0.3, 0.4) is 0 Å². The van der Waals surface area contributed by atoms with E-state index in [1.807, 2.05) is 18.2 Å². The largest absolute Gasteiger partial charge is 0.493 e. The Morgan fingerprint density at radius 2 is 1.79 bits per heavy atom. The van der Waals surface area contributed by atoms with Crippen LogP contribution in [0, 0.1) is 0 Å². The summed E-state index contributed by atoms with van der Waals surface area (Å²) in [6.07, 6.45) is 9.71. The summed E-state index contributed by atoms with van der Waals surface area (Å²) in [4.78, 5) is 20.4. The summed E-state index contributed by atoms with van der Waals surface area (Å²) >= 11 is 5.78. The van der Waals surface area contributed by atoms with Crippen LogP contribution < -0.4 is 19.5 Å². The molecule has 0 bridgehead atoms. The first-order chi connectivity index (χ1) is 14.1. The Balaban J connectivity index is 1.46. The molecule has 154 valence electrons. The molecule has 0 radical (unpaired) electrons. The van der Waals surface area contributed by atoms with Crippen LogP contribution in [-0.4, -0.2) is 42.2 Å². The molecule has 1 saturated carbocycles. The van der Waals surface area contributed by atoms with E-state index >= 15 is 0 Å². The second-order valence-electron chi connectivity index (χ2n) is 6.73. The first-order valence-corrected chi connectivity index (χ1v) is 9.80. The summed E-state index contributed by atoms with van der Waals surface area (Å²) in [6.45, 7) is 0. The van der Waals surface area contributed by atoms with Crippen molar-refractivity contribution in [1.82, 2.24) is 15.3 Å². The van der Waals surface area contributed by atoms with E-state index in [9.17, 15) is 4.79 Å². The third-order valence-corrected chi connectivity index (χ3v) is 4.92. The van der Waals surface area contributed by atoms with Gasteiger partial charge in [-0.1, -0.05) is 17.7 Å². The standard InChI is InChI=1S/C21H24ClN3O4/c1-27-18-9-3-14(11-19(18)28-2)4-10-20(26)25-16-5-7-17(8-6-16)29-21-23-12-15(22)13-24-21/h3-4,9-13,16-17H,5-8H2,1-2H3,(H,25,26)/b10-4+. The van der Waals surface area contributed by atoms with Gasteiger partial charge in [-0.05, 0) is 49.5 Å². The number of hydrogen-bond acceptors (Lipinski definition) is 6. The molecule has 8 heteroatoms. The summed E-state index contributed by atoms with van der Waals surface area (Å²) in [6, 6.07) is 5.96. The molecule has 1 aromatic heterocycles. The van der Waals surface area contributed by atoms with Gasteiger partial charge in [0.2, 0.25) is 5.91 Å². The zero-order chi connectivity index (χ0) is 20.6. The van der Waals surface area contributed by atoms with Crippen LogP contribution in [0.2, 0.25) is 5.02 Å². The highest BCUT2D eigenvalue weighted by Gasteiger charge is 2.23. The molecule has 0 atom stereocenters. The average molecular weight is 418 g/mol. The minimum absolute atomic E-state index is 0.0478. The maximum absolute atomic E-state index is 12.2. The number of methoxy groups -OCH3 is 2. The van der Waals surface area contributed by atoms with Crippen molar-refractivity contribution in [3.8, 4) is 17.5 Å². The number of carbonyl (C=O) groups is 1. The maximum atomic E-state index is 12.2. The molecule has 2 aromatic rings. The number of nitrogens with zero attached hydrogens (tertiary/aromatic N) is 2. The van der Waals surface area contributed by atoms with Gasteiger partial charge in [-0.2, -0.15) is 0 Å². The van der Waals surface area contributed by atoms with E-state index in [0.29, 0.717) is 22.5 Å². The normalized spacial score (nSPS) is 19.0. The lowest BCUT2D eigenvalue weighted by atomic mass is 9.93. The van der Waals surface area contributed by atoms with Crippen molar-refractivity contribution in [2.45, 2.75) is 37.8 Å². The summed E-state index contributed by atoms with van der Waals surface area (Å²) in [7, 11) is 3.17. The van der Waals surface area contributed by atoms with Crippen molar-refractivity contribution in [3.63, 3.8) is 0 Å². The Kier molecular flexibility index (Phi) is 7.30. The van der Waals surface area contributed by atoms with Crippen molar-refractivity contribution in [1.29, 1.82) is 0 Å². The first-order valence-electron chi connectivity index (χ1n) is 9.42. The fourth-order valence-corrected chi connectivity index (χ4v) is 3.31. The highest BCUT2D eigenvalue weighted by molar-refractivity contribution is 6.30. The number of halogens is 1. The van der Waals surface area contributed by atoms with E-state index in [0.717, 1.165) is 31.2 Å². The van der Waals surface area contributed by atoms with Gasteiger partial charge in [0.05, 0.1) is 31.6 Å². The Morgan fingerprint density at radius 1 is 1.10 bits per heavy atom. The quantitative estimate of drug-likeness (QED) is 0.692. The number of benzene rings is 1. The van der Waals surface area contributed by atoms with Crippen LogP contribution >= 0.6 is 11.6 Å². The summed E-state index contributed by atoms with van der Waals surface area (Å²) in [5.41, 5.74) is 0.859. The third kappa shape index (κ3) is 6.09. The SMILES string of the molecule is COc1ccc(/C=C/C(=O)NC2CCC(Oc3ncc(Cl)cn3)CC2)cc1OC. The lowest BCUT2D eigenvalue weighted by molar-refractivity contribution is -0.117. The lowest BCUT2D eigenvalue weighted by Crippen LogP contribution is -2.39. The van der Waals surface area contributed by atoms with Crippen LogP contribution in [0.15, 0.2) is 36.7 Å². The molecule has 0 spiro atoms. The molecule has 7 nitrogen and oxygen atoms in total. The fourth-order valence-electron chi connectivity index (χ4n) is 3.21. The molecule has 1 aromatic carbocycles. The maximum Gasteiger partial charge on any atom is 0.316 e. The number of ether oxygens (including phenoxy) is 3. The highest BCUT2D eigenvalue weighted by Crippen LogP contribution is 2.28. The lowest BCUT2D eigenvalue weighted by Gasteiger charge is -2.28. The van der Waals surface area contributed by atoms with Gasteiger partial charge in [-0.3, -0.25) is 4.79 Å². The second-order valence-corrected chi connectivity index (χ2v) is 7.17. The van der Waals surface area contributed by atoms with Crippen molar-refractivity contribution in [2.75, 3.05) is 14.2 Å². The molecule has 1 aliphatic carbocycles. The number of hydrogen-bond donors (Lipinski definition) is 1. The Bertz CT molecular complexity index is 850. The molecule has 1 amide bonds. The molecule has 29 heavy (non-hydrogen) atoms. The number of carbonyl (C=O) groups excluding carboxylic acids is 1. The predicted octanol–water partition coefficient (Wildman–Crippen LogP) is 3.67. The topological polar surface area (TPSA) is 82.6 Å². The van der Waals surface area contributed by atoms with Crippen LogP contribution in [0.4, 0.5) is 0 Å². The molecule has 1 fully saturated rings. The number of nitrogens with one attached hydrogen (secondary N) is 1. The van der Waals surface area contributed by atoms with E-state index in [1.165, 1.54) is 18.5 Å². The van der Waals surface area contributed by atoms with E-state index in [1.54, 1.807) is 20.3 Å². The molecular weight excluding hydrogens is 394 g/mol. The van der Waals surface area contributed by atoms with Crippen molar-refractivity contribution in [3.05, 3.63) is 47.3 Å². The molecular formula is C21H24ClN3O4. The van der Waals surface area contributed by atoms with Gasteiger partial charge >= 0.3 is 6.01 Å². The minimum atomic E-state index is -0.120. The van der Waals surface area contributed by atoms with Crippen LogP contribution in [-0.2, 0) is 4.79 Å². The summed E-state index contributed by atoms with van der Waals surface area (Å²) < 4.78 is 16.3. The van der Waals surface area contributed by atoms with Crippen molar-refractivity contribution >= 4 is 23.6 Å². The molecule has 0 saturated heterocycles. The predicted molar refractivity (Wildman–Crippen MR) is 110 cm³/mol. The van der Waals surface area contributed by atoms with E-state index < -0.39 is 0 Å². The Hall–Kier alpha value is -2.80. The van der Waals surface area contributed by atoms with Gasteiger partial charge in [0.15, 0.2) is 11.5 Å². The van der Waals surface area contributed by atoms with Gasteiger partial charge in [0.25, 0.3) is 0 Å². The highest BCUT2D eigenvalue weighted by atomic mass is 35.5. The molecule has 1 heterocycles. The second kappa shape index (κ2) is 10.1. The van der Waals surface area contributed by atoms with Crippen LogP contribution in [0.25, 0.3) is 6.08 Å². The summed E-state index contributed by atoms with van der Waals surface area (Å²) in [5, 5.41) is 3.52. The molecule has 1 N–H and O–H groups in total. The number of amides is 1. The number of aromatic nitrogens is 2. The molecule has 0 unspecified atom stereocenters. The zero-order valence-electron chi connectivity index (χ0n) is 16.4. The first kappa shape index (κ1) is 20.9. The van der Waals surface area contributed by atoms with Gasteiger partial charge in [-0.25, -0.2) is 9.97 Å². The Labute approximate surface area is 175 Å². The monoisotopic (exact) mass is 417 g/mol. The molecule has 1 aliphatic rings. The molecule has 0 aliphatic heterocycles. The van der Waals surface area contributed by atoms with Crippen molar-refractivity contribution in [2.24, 2.45) is 0 Å². The smallest absolute Gasteiger partial charge is 0.316 e. The van der Waals surface area contributed by atoms with E-state index in [4.69, 9.17) is 25.8 Å². The third-order valence-electron chi connectivity index (χ3n) is 4.72. The van der Waals surface area contributed by atoms with Gasteiger partial charge in [0, 0.05) is 12.1 Å². The van der Waals surface area contributed by atoms with Gasteiger partial charge < -0.3 is 19.5 Å².